The molecule has 0 atom stereocenters. The first-order valence-electron chi connectivity index (χ1n) is 6.33. The van der Waals surface area contributed by atoms with Crippen molar-refractivity contribution in [2.24, 2.45) is 4.99 Å². The summed E-state index contributed by atoms with van der Waals surface area (Å²) in [7, 11) is 0. The molecule has 0 radical (unpaired) electrons. The first-order chi connectivity index (χ1) is 9.26. The highest BCUT2D eigenvalue weighted by Gasteiger charge is 2.47. The molecule has 1 N–H and O–H groups in total. The minimum atomic E-state index is -0.557. The van der Waals surface area contributed by atoms with Gasteiger partial charge in [0, 0.05) is 0 Å². The first-order valence-corrected chi connectivity index (χ1v) is 7.14. The summed E-state index contributed by atoms with van der Waals surface area (Å²) in [5.41, 5.74) is -0.242. The van der Waals surface area contributed by atoms with Crippen molar-refractivity contribution in [2.45, 2.75) is 51.7 Å². The van der Waals surface area contributed by atoms with Crippen LogP contribution in [0.2, 0.25) is 0 Å². The lowest BCUT2D eigenvalue weighted by Crippen LogP contribution is -2.27. The van der Waals surface area contributed by atoms with Crippen LogP contribution in [-0.4, -0.2) is 22.8 Å². The van der Waals surface area contributed by atoms with Crippen LogP contribution >= 0.6 is 11.3 Å². The quantitative estimate of drug-likeness (QED) is 0.686. The minimum Gasteiger partial charge on any atom is -0.444 e. The summed E-state index contributed by atoms with van der Waals surface area (Å²) < 4.78 is 5.17. The van der Waals surface area contributed by atoms with Crippen molar-refractivity contribution in [1.82, 2.24) is 4.98 Å². The number of aliphatic imine (C=N–C) groups is 1. The Labute approximate surface area is 121 Å². The molecule has 0 unspecified atom stereocenters. The lowest BCUT2D eigenvalue weighted by molar-refractivity contribution is 0.0636. The van der Waals surface area contributed by atoms with Crippen molar-refractivity contribution < 1.29 is 14.3 Å². The van der Waals surface area contributed by atoms with Gasteiger partial charge in [-0.3, -0.25) is 5.32 Å². The average molecular weight is 295 g/mol. The lowest BCUT2D eigenvalue weighted by atomic mass is 10.2. The summed E-state index contributed by atoms with van der Waals surface area (Å²) in [6.45, 7) is 7.22. The second kappa shape index (κ2) is 5.00. The number of isocyanates is 1. The van der Waals surface area contributed by atoms with Gasteiger partial charge in [0.25, 0.3) is 0 Å². The summed E-state index contributed by atoms with van der Waals surface area (Å²) in [4.78, 5) is 31.2. The lowest BCUT2D eigenvalue weighted by Gasteiger charge is -2.18. The number of carbonyl (C=O) groups excluding carboxylic acids is 2. The molecule has 0 aliphatic heterocycles. The van der Waals surface area contributed by atoms with Crippen molar-refractivity contribution in [3.05, 3.63) is 10.6 Å². The van der Waals surface area contributed by atoms with Gasteiger partial charge in [-0.15, -0.1) is 0 Å². The van der Waals surface area contributed by atoms with Crippen LogP contribution in [0, 0.1) is 6.92 Å². The number of aryl methyl sites for hydroxylation is 1. The molecule has 1 amide bonds. The third-order valence-corrected chi connectivity index (χ3v) is 4.08. The predicted octanol–water partition coefficient (Wildman–Crippen LogP) is 3.12. The molecule has 1 aliphatic carbocycles. The molecule has 20 heavy (non-hydrogen) atoms. The molecule has 1 fully saturated rings. The number of rotatable bonds is 3. The minimum absolute atomic E-state index is 0.458. The van der Waals surface area contributed by atoms with Crippen LogP contribution in [0.4, 0.5) is 9.93 Å². The Hall–Kier alpha value is -1.72. The summed E-state index contributed by atoms with van der Waals surface area (Å²) in [5.74, 6) is 0. The number of anilines is 1. The van der Waals surface area contributed by atoms with Crippen molar-refractivity contribution in [1.29, 1.82) is 0 Å². The van der Waals surface area contributed by atoms with E-state index in [2.05, 4.69) is 15.3 Å². The molecular formula is C13H17N3O3S. The van der Waals surface area contributed by atoms with E-state index in [0.29, 0.717) is 5.13 Å². The van der Waals surface area contributed by atoms with Crippen LogP contribution in [-0.2, 0) is 15.1 Å². The standard InChI is InChI=1S/C13H17N3O3S/c1-8-9(13(5-6-13)14-7-17)20-10(15-8)16-11(18)19-12(2,3)4/h5-6H2,1-4H3,(H,15,16,18). The number of nitrogens with one attached hydrogen (secondary N) is 1. The van der Waals surface area contributed by atoms with E-state index in [9.17, 15) is 9.59 Å². The van der Waals surface area contributed by atoms with Crippen LogP contribution in [0.5, 0.6) is 0 Å². The molecule has 6 nitrogen and oxygen atoms in total. The number of nitrogens with zero attached hydrogens (tertiary/aromatic N) is 2. The summed E-state index contributed by atoms with van der Waals surface area (Å²) >= 11 is 1.33. The Kier molecular flexibility index (Phi) is 3.67. The molecular weight excluding hydrogens is 278 g/mol. The van der Waals surface area contributed by atoms with Gasteiger partial charge >= 0.3 is 6.09 Å². The van der Waals surface area contributed by atoms with Crippen LogP contribution in [0.3, 0.4) is 0 Å². The molecule has 1 saturated carbocycles. The third kappa shape index (κ3) is 3.23. The number of thiazole rings is 1. The van der Waals surface area contributed by atoms with E-state index in [4.69, 9.17) is 4.74 Å². The normalized spacial score (nSPS) is 16.2. The van der Waals surface area contributed by atoms with Crippen molar-refractivity contribution in [3.63, 3.8) is 0 Å². The first kappa shape index (κ1) is 14.7. The molecule has 1 aromatic rings. The van der Waals surface area contributed by atoms with E-state index in [1.165, 1.54) is 11.3 Å². The number of aromatic nitrogens is 1. The van der Waals surface area contributed by atoms with E-state index in [-0.39, 0.29) is 0 Å². The molecule has 1 aliphatic rings. The van der Waals surface area contributed by atoms with Gasteiger partial charge in [0.15, 0.2) is 5.13 Å². The van der Waals surface area contributed by atoms with Crippen molar-refractivity contribution >= 4 is 28.6 Å². The Bertz CT molecular complexity index is 578. The molecule has 1 aromatic heterocycles. The van der Waals surface area contributed by atoms with Gasteiger partial charge in [0.1, 0.15) is 11.1 Å². The highest BCUT2D eigenvalue weighted by Crippen LogP contribution is 2.52. The largest absolute Gasteiger partial charge is 0.444 e. The summed E-state index contributed by atoms with van der Waals surface area (Å²) in [5, 5.41) is 3.07. The maximum absolute atomic E-state index is 11.7. The third-order valence-electron chi connectivity index (χ3n) is 2.81. The molecule has 0 bridgehead atoms. The smallest absolute Gasteiger partial charge is 0.413 e. The second-order valence-electron chi connectivity index (χ2n) is 5.80. The molecule has 0 saturated heterocycles. The van der Waals surface area contributed by atoms with E-state index in [1.54, 1.807) is 26.9 Å². The molecule has 2 rings (SSSR count). The van der Waals surface area contributed by atoms with Gasteiger partial charge < -0.3 is 4.74 Å². The predicted molar refractivity (Wildman–Crippen MR) is 75.7 cm³/mol. The van der Waals surface area contributed by atoms with Gasteiger partial charge in [-0.25, -0.2) is 14.6 Å². The van der Waals surface area contributed by atoms with E-state index in [0.717, 1.165) is 23.4 Å². The summed E-state index contributed by atoms with van der Waals surface area (Å²) in [6.07, 6.45) is 2.71. The Morgan fingerprint density at radius 1 is 1.50 bits per heavy atom. The highest BCUT2D eigenvalue weighted by atomic mass is 32.1. The van der Waals surface area contributed by atoms with E-state index in [1.807, 2.05) is 6.92 Å². The van der Waals surface area contributed by atoms with Crippen LogP contribution in [0.15, 0.2) is 4.99 Å². The zero-order chi connectivity index (χ0) is 15.0. The van der Waals surface area contributed by atoms with E-state index >= 15 is 0 Å². The zero-order valence-corrected chi connectivity index (χ0v) is 12.8. The van der Waals surface area contributed by atoms with Crippen LogP contribution in [0.1, 0.15) is 44.2 Å². The Balaban J connectivity index is 2.12. The topological polar surface area (TPSA) is 80.7 Å². The number of amides is 1. The van der Waals surface area contributed by atoms with Crippen molar-refractivity contribution in [3.8, 4) is 0 Å². The second-order valence-corrected chi connectivity index (χ2v) is 6.79. The van der Waals surface area contributed by atoms with E-state index < -0.39 is 17.2 Å². The number of hydrogen-bond acceptors (Lipinski definition) is 6. The molecule has 108 valence electrons. The van der Waals surface area contributed by atoms with Gasteiger partial charge in [0.05, 0.1) is 10.6 Å². The average Bonchev–Trinajstić information content (AvgIpc) is 2.95. The fourth-order valence-corrected chi connectivity index (χ4v) is 3.01. The monoisotopic (exact) mass is 295 g/mol. The Morgan fingerprint density at radius 3 is 2.65 bits per heavy atom. The van der Waals surface area contributed by atoms with Crippen LogP contribution < -0.4 is 5.32 Å². The molecule has 1 heterocycles. The van der Waals surface area contributed by atoms with Crippen molar-refractivity contribution in [2.75, 3.05) is 5.32 Å². The number of carbonyl (C=O) groups is 1. The van der Waals surface area contributed by atoms with Gasteiger partial charge in [-0.2, -0.15) is 4.99 Å². The van der Waals surface area contributed by atoms with Gasteiger partial charge in [-0.1, -0.05) is 11.3 Å². The zero-order valence-electron chi connectivity index (χ0n) is 11.9. The van der Waals surface area contributed by atoms with Crippen LogP contribution in [0.25, 0.3) is 0 Å². The van der Waals surface area contributed by atoms with Gasteiger partial charge in [-0.05, 0) is 40.5 Å². The summed E-state index contributed by atoms with van der Waals surface area (Å²) in [6, 6.07) is 0. The molecule has 0 aromatic carbocycles. The fraction of sp³-hybridized carbons (Fsp3) is 0.615. The SMILES string of the molecule is Cc1nc(NC(=O)OC(C)(C)C)sc1C1(N=C=O)CC1. The molecule has 0 spiro atoms. The Morgan fingerprint density at radius 2 is 2.15 bits per heavy atom. The maximum atomic E-state index is 11.7. The highest BCUT2D eigenvalue weighted by molar-refractivity contribution is 7.16. The maximum Gasteiger partial charge on any atom is 0.413 e. The van der Waals surface area contributed by atoms with Gasteiger partial charge in [0.2, 0.25) is 6.08 Å². The number of hydrogen-bond donors (Lipinski definition) is 1. The molecule has 7 heteroatoms. The fourth-order valence-electron chi connectivity index (χ4n) is 1.87. The number of ether oxygens (including phenoxy) is 1.